The fourth-order valence-corrected chi connectivity index (χ4v) is 1.93. The smallest absolute Gasteiger partial charge is 0.335 e. The summed E-state index contributed by atoms with van der Waals surface area (Å²) in [5, 5.41) is 11.5. The Bertz CT molecular complexity index is 689. The topological polar surface area (TPSA) is 49.3 Å². The first kappa shape index (κ1) is 14.9. The predicted molar refractivity (Wildman–Crippen MR) is 71.8 cm³/mol. The van der Waals surface area contributed by atoms with Crippen LogP contribution in [0.3, 0.4) is 0 Å². The van der Waals surface area contributed by atoms with E-state index >= 15 is 0 Å². The second-order valence-corrected chi connectivity index (χ2v) is 4.53. The van der Waals surface area contributed by atoms with Crippen molar-refractivity contribution in [1.29, 1.82) is 0 Å². The van der Waals surface area contributed by atoms with Crippen molar-refractivity contribution in [3.05, 3.63) is 65.0 Å². The lowest BCUT2D eigenvalue weighted by Gasteiger charge is -2.17. The van der Waals surface area contributed by atoms with Gasteiger partial charge in [-0.3, -0.25) is 0 Å². The molecule has 21 heavy (non-hydrogen) atoms. The van der Waals surface area contributed by atoms with Crippen LogP contribution in [0.25, 0.3) is 0 Å². The minimum atomic E-state index is -1.21. The van der Waals surface area contributed by atoms with Crippen molar-refractivity contribution >= 4 is 11.7 Å². The molecular formula is C15H12F3NO2. The Hall–Kier alpha value is -2.50. The number of nitrogens with one attached hydrogen (secondary N) is 1. The fraction of sp³-hybridized carbons (Fsp3) is 0.133. The first-order chi connectivity index (χ1) is 9.88. The molecule has 6 heteroatoms. The maximum Gasteiger partial charge on any atom is 0.335 e. The zero-order valence-electron chi connectivity index (χ0n) is 11.0. The Morgan fingerprint density at radius 2 is 1.76 bits per heavy atom. The first-order valence-corrected chi connectivity index (χ1v) is 6.13. The molecule has 2 aromatic rings. The van der Waals surface area contributed by atoms with Crippen molar-refractivity contribution in [2.45, 2.75) is 13.0 Å². The summed E-state index contributed by atoms with van der Waals surface area (Å²) in [7, 11) is 0. The molecule has 0 saturated heterocycles. The van der Waals surface area contributed by atoms with Gasteiger partial charge >= 0.3 is 5.97 Å². The summed E-state index contributed by atoms with van der Waals surface area (Å²) in [6.07, 6.45) is 0. The van der Waals surface area contributed by atoms with Crippen LogP contribution < -0.4 is 5.32 Å². The van der Waals surface area contributed by atoms with E-state index in [1.54, 1.807) is 0 Å². The molecule has 0 amide bonds. The molecule has 1 unspecified atom stereocenters. The number of halogens is 3. The van der Waals surface area contributed by atoms with Crippen molar-refractivity contribution in [3.63, 3.8) is 0 Å². The van der Waals surface area contributed by atoms with Crippen molar-refractivity contribution in [3.8, 4) is 0 Å². The second kappa shape index (κ2) is 5.87. The van der Waals surface area contributed by atoms with Crippen LogP contribution in [-0.4, -0.2) is 11.1 Å². The van der Waals surface area contributed by atoms with Crippen LogP contribution in [0.15, 0.2) is 36.4 Å². The first-order valence-electron chi connectivity index (χ1n) is 6.13. The van der Waals surface area contributed by atoms with Crippen LogP contribution in [0.5, 0.6) is 0 Å². The standard InChI is InChI=1S/C15H12F3NO2/c1-8(11-7-10(16)3-5-12(11)17)19-14-6-9(15(20)21)2-4-13(14)18/h2-8,19H,1H3,(H,20,21). The summed E-state index contributed by atoms with van der Waals surface area (Å²) < 4.78 is 40.5. The van der Waals surface area contributed by atoms with Crippen LogP contribution in [0.4, 0.5) is 18.9 Å². The highest BCUT2D eigenvalue weighted by Crippen LogP contribution is 2.25. The molecule has 2 rings (SSSR count). The molecule has 0 aliphatic heterocycles. The molecule has 0 heterocycles. The van der Waals surface area contributed by atoms with E-state index in [2.05, 4.69) is 5.32 Å². The van der Waals surface area contributed by atoms with E-state index in [9.17, 15) is 18.0 Å². The molecule has 0 aliphatic carbocycles. The third kappa shape index (κ3) is 3.34. The number of benzene rings is 2. The Labute approximate surface area is 119 Å². The average molecular weight is 295 g/mol. The van der Waals surface area contributed by atoms with E-state index in [4.69, 9.17) is 5.11 Å². The molecular weight excluding hydrogens is 283 g/mol. The minimum absolute atomic E-state index is 0.0233. The lowest BCUT2D eigenvalue weighted by molar-refractivity contribution is 0.0697. The molecule has 2 N–H and O–H groups in total. The largest absolute Gasteiger partial charge is 0.478 e. The van der Waals surface area contributed by atoms with Crippen LogP contribution in [-0.2, 0) is 0 Å². The van der Waals surface area contributed by atoms with Crippen LogP contribution in [0.2, 0.25) is 0 Å². The zero-order chi connectivity index (χ0) is 15.6. The van der Waals surface area contributed by atoms with Gasteiger partial charge in [-0.05, 0) is 43.3 Å². The van der Waals surface area contributed by atoms with Gasteiger partial charge in [0.25, 0.3) is 0 Å². The van der Waals surface area contributed by atoms with Crippen LogP contribution in [0, 0.1) is 17.5 Å². The van der Waals surface area contributed by atoms with E-state index in [0.717, 1.165) is 36.4 Å². The van der Waals surface area contributed by atoms with E-state index < -0.39 is 29.5 Å². The SMILES string of the molecule is CC(Nc1cc(C(=O)O)ccc1F)c1cc(F)ccc1F. The second-order valence-electron chi connectivity index (χ2n) is 4.53. The number of hydrogen-bond donors (Lipinski definition) is 2. The number of carboxylic acid groups (broad SMARTS) is 1. The van der Waals surface area contributed by atoms with Gasteiger partial charge in [-0.1, -0.05) is 0 Å². The average Bonchev–Trinajstić information content (AvgIpc) is 2.43. The monoisotopic (exact) mass is 295 g/mol. The van der Waals surface area contributed by atoms with Gasteiger partial charge in [0.2, 0.25) is 0 Å². The maximum absolute atomic E-state index is 13.7. The molecule has 1 atom stereocenters. The van der Waals surface area contributed by atoms with Crippen LogP contribution in [0.1, 0.15) is 28.9 Å². The third-order valence-electron chi connectivity index (χ3n) is 3.01. The Balaban J connectivity index is 2.31. The van der Waals surface area contributed by atoms with E-state index in [0.29, 0.717) is 0 Å². The zero-order valence-corrected chi connectivity index (χ0v) is 11.0. The molecule has 0 saturated carbocycles. The van der Waals surface area contributed by atoms with E-state index in [1.807, 2.05) is 0 Å². The van der Waals surface area contributed by atoms with Gasteiger partial charge in [0.1, 0.15) is 17.5 Å². The quantitative estimate of drug-likeness (QED) is 0.897. The lowest BCUT2D eigenvalue weighted by atomic mass is 10.1. The van der Waals surface area contributed by atoms with Crippen LogP contribution >= 0.6 is 0 Å². The van der Waals surface area contributed by atoms with Gasteiger partial charge in [-0.2, -0.15) is 0 Å². The van der Waals surface area contributed by atoms with Crippen molar-refractivity contribution in [1.82, 2.24) is 0 Å². The molecule has 0 aliphatic rings. The number of aromatic carboxylic acids is 1. The number of carbonyl (C=O) groups is 1. The summed E-state index contributed by atoms with van der Waals surface area (Å²) in [4.78, 5) is 10.9. The lowest BCUT2D eigenvalue weighted by Crippen LogP contribution is -2.11. The Kier molecular flexibility index (Phi) is 4.16. The van der Waals surface area contributed by atoms with Gasteiger partial charge in [0.05, 0.1) is 17.3 Å². The van der Waals surface area contributed by atoms with Gasteiger partial charge in [0.15, 0.2) is 0 Å². The summed E-state index contributed by atoms with van der Waals surface area (Å²) in [5.74, 6) is -3.13. The molecule has 110 valence electrons. The summed E-state index contributed by atoms with van der Waals surface area (Å²) >= 11 is 0. The fourth-order valence-electron chi connectivity index (χ4n) is 1.93. The number of anilines is 1. The highest BCUT2D eigenvalue weighted by molar-refractivity contribution is 5.88. The third-order valence-corrected chi connectivity index (χ3v) is 3.01. The minimum Gasteiger partial charge on any atom is -0.478 e. The molecule has 0 spiro atoms. The number of hydrogen-bond acceptors (Lipinski definition) is 2. The molecule has 0 bridgehead atoms. The van der Waals surface area contributed by atoms with Crippen molar-refractivity contribution in [2.75, 3.05) is 5.32 Å². The maximum atomic E-state index is 13.7. The van der Waals surface area contributed by atoms with Gasteiger partial charge in [-0.15, -0.1) is 0 Å². The number of rotatable bonds is 4. The highest BCUT2D eigenvalue weighted by atomic mass is 19.1. The summed E-state index contributed by atoms with van der Waals surface area (Å²) in [6, 6.07) is 5.46. The summed E-state index contributed by atoms with van der Waals surface area (Å²) in [6.45, 7) is 1.52. The van der Waals surface area contributed by atoms with Gasteiger partial charge in [-0.25, -0.2) is 18.0 Å². The van der Waals surface area contributed by atoms with Gasteiger partial charge in [0, 0.05) is 5.56 Å². The van der Waals surface area contributed by atoms with E-state index in [1.165, 1.54) is 6.92 Å². The predicted octanol–water partition coefficient (Wildman–Crippen LogP) is 3.98. The molecule has 0 fully saturated rings. The van der Waals surface area contributed by atoms with Crippen molar-refractivity contribution < 1.29 is 23.1 Å². The molecule has 3 nitrogen and oxygen atoms in total. The molecule has 0 radical (unpaired) electrons. The molecule has 0 aromatic heterocycles. The summed E-state index contributed by atoms with van der Waals surface area (Å²) in [5.41, 5.74) is -0.174. The van der Waals surface area contributed by atoms with Gasteiger partial charge < -0.3 is 10.4 Å². The van der Waals surface area contributed by atoms with E-state index in [-0.39, 0.29) is 16.8 Å². The normalized spacial score (nSPS) is 12.0. The number of carboxylic acids is 1. The highest BCUT2D eigenvalue weighted by Gasteiger charge is 2.15. The Morgan fingerprint density at radius 1 is 1.10 bits per heavy atom. The van der Waals surface area contributed by atoms with Crippen molar-refractivity contribution in [2.24, 2.45) is 0 Å². The molecule has 2 aromatic carbocycles. The Morgan fingerprint density at radius 3 is 2.43 bits per heavy atom.